The third-order valence-corrected chi connectivity index (χ3v) is 1.08. The zero-order valence-electron chi connectivity index (χ0n) is 3.74. The lowest BCUT2D eigenvalue weighted by molar-refractivity contribution is 0.455. The monoisotopic (exact) mass is 89.1 g/mol. The Labute approximate surface area is 36.5 Å². The van der Waals surface area contributed by atoms with E-state index in [4.69, 9.17) is 0 Å². The summed E-state index contributed by atoms with van der Waals surface area (Å²) < 4.78 is 11.7. The van der Waals surface area contributed by atoms with E-state index >= 15 is 0 Å². The second-order valence-electron chi connectivity index (χ2n) is 1.65. The smallest absolute Gasteiger partial charge is 0.117 e. The summed E-state index contributed by atoms with van der Waals surface area (Å²) in [6, 6.07) is 0.185. The standard InChI is InChI=1S/C4H8FN/c1-6-4-2-3(4)5/h3-4,6H,2H2,1H3. The molecule has 1 saturated carbocycles. The Morgan fingerprint density at radius 3 is 2.33 bits per heavy atom. The predicted molar refractivity (Wildman–Crippen MR) is 22.4 cm³/mol. The van der Waals surface area contributed by atoms with Crippen molar-refractivity contribution in [2.75, 3.05) is 7.05 Å². The van der Waals surface area contributed by atoms with Gasteiger partial charge in [0.15, 0.2) is 0 Å². The van der Waals surface area contributed by atoms with Crippen LogP contribution in [0, 0.1) is 0 Å². The third-order valence-electron chi connectivity index (χ3n) is 1.08. The quantitative estimate of drug-likeness (QED) is 0.487. The van der Waals surface area contributed by atoms with E-state index in [1.54, 1.807) is 7.05 Å². The SMILES string of the molecule is CNC1CC1F. The number of halogens is 1. The third kappa shape index (κ3) is 0.522. The van der Waals surface area contributed by atoms with Crippen LogP contribution in [0.4, 0.5) is 4.39 Å². The number of nitrogens with one attached hydrogen (secondary N) is 1. The molecule has 2 atom stereocenters. The summed E-state index contributed by atoms with van der Waals surface area (Å²) in [4.78, 5) is 0. The van der Waals surface area contributed by atoms with Gasteiger partial charge in [-0.1, -0.05) is 0 Å². The van der Waals surface area contributed by atoms with E-state index in [1.165, 1.54) is 0 Å². The van der Waals surface area contributed by atoms with Crippen LogP contribution in [0.1, 0.15) is 6.42 Å². The van der Waals surface area contributed by atoms with Crippen molar-refractivity contribution in [2.45, 2.75) is 18.6 Å². The van der Waals surface area contributed by atoms with Crippen molar-refractivity contribution < 1.29 is 4.39 Å². The maximum Gasteiger partial charge on any atom is 0.117 e. The maximum atomic E-state index is 11.7. The molecule has 0 saturated heterocycles. The fraction of sp³-hybridized carbons (Fsp3) is 1.00. The molecule has 1 nitrogen and oxygen atoms in total. The van der Waals surface area contributed by atoms with Gasteiger partial charge in [0.25, 0.3) is 0 Å². The molecule has 1 N–H and O–H groups in total. The van der Waals surface area contributed by atoms with Gasteiger partial charge in [-0.2, -0.15) is 0 Å². The van der Waals surface area contributed by atoms with Gasteiger partial charge in [0.05, 0.1) is 0 Å². The fourth-order valence-corrected chi connectivity index (χ4v) is 0.463. The van der Waals surface area contributed by atoms with E-state index in [0.717, 1.165) is 6.42 Å². The van der Waals surface area contributed by atoms with E-state index in [9.17, 15) is 4.39 Å². The van der Waals surface area contributed by atoms with Crippen LogP contribution in [0.15, 0.2) is 0 Å². The van der Waals surface area contributed by atoms with Gasteiger partial charge in [-0.05, 0) is 13.5 Å². The summed E-state index contributed by atoms with van der Waals surface area (Å²) in [5.41, 5.74) is 0. The maximum absolute atomic E-state index is 11.7. The Bertz CT molecular complexity index is 53.5. The van der Waals surface area contributed by atoms with Crippen molar-refractivity contribution in [3.05, 3.63) is 0 Å². The number of alkyl halides is 1. The highest BCUT2D eigenvalue weighted by Crippen LogP contribution is 2.23. The van der Waals surface area contributed by atoms with Gasteiger partial charge in [-0.15, -0.1) is 0 Å². The predicted octanol–water partition coefficient (Wildman–Crippen LogP) is 0.316. The Balaban J connectivity index is 2.09. The molecular weight excluding hydrogens is 81.0 g/mol. The van der Waals surface area contributed by atoms with Crippen molar-refractivity contribution in [3.63, 3.8) is 0 Å². The highest BCUT2D eigenvalue weighted by atomic mass is 19.1. The second kappa shape index (κ2) is 1.19. The summed E-state index contributed by atoms with van der Waals surface area (Å²) in [7, 11) is 1.78. The van der Waals surface area contributed by atoms with Gasteiger partial charge in [-0.3, -0.25) is 0 Å². The zero-order chi connectivity index (χ0) is 4.57. The zero-order valence-corrected chi connectivity index (χ0v) is 3.74. The number of rotatable bonds is 1. The molecule has 1 aliphatic rings. The molecule has 36 valence electrons. The second-order valence-corrected chi connectivity index (χ2v) is 1.65. The lowest BCUT2D eigenvalue weighted by atomic mass is 10.7. The lowest BCUT2D eigenvalue weighted by Gasteiger charge is -1.82. The van der Waals surface area contributed by atoms with Crippen LogP contribution in [-0.4, -0.2) is 19.3 Å². The highest BCUT2D eigenvalue weighted by Gasteiger charge is 2.35. The molecule has 0 aromatic heterocycles. The summed E-state index contributed by atoms with van der Waals surface area (Å²) >= 11 is 0. The molecule has 0 aromatic carbocycles. The van der Waals surface area contributed by atoms with Gasteiger partial charge in [-0.25, -0.2) is 4.39 Å². The number of hydrogen-bond acceptors (Lipinski definition) is 1. The van der Waals surface area contributed by atoms with Gasteiger partial charge in [0.1, 0.15) is 6.17 Å². The van der Waals surface area contributed by atoms with Crippen molar-refractivity contribution >= 4 is 0 Å². The van der Waals surface area contributed by atoms with Crippen molar-refractivity contribution in [2.24, 2.45) is 0 Å². The first-order valence-corrected chi connectivity index (χ1v) is 2.16. The molecule has 6 heavy (non-hydrogen) atoms. The van der Waals surface area contributed by atoms with E-state index in [-0.39, 0.29) is 6.04 Å². The average molecular weight is 89.1 g/mol. The van der Waals surface area contributed by atoms with Gasteiger partial charge in [0, 0.05) is 6.04 Å². The van der Waals surface area contributed by atoms with E-state index < -0.39 is 6.17 Å². The fourth-order valence-electron chi connectivity index (χ4n) is 0.463. The Morgan fingerprint density at radius 2 is 2.33 bits per heavy atom. The topological polar surface area (TPSA) is 12.0 Å². The highest BCUT2D eigenvalue weighted by molar-refractivity contribution is 4.92. The average Bonchev–Trinajstić information content (AvgIpc) is 2.19. The van der Waals surface area contributed by atoms with E-state index in [0.29, 0.717) is 0 Å². The van der Waals surface area contributed by atoms with Crippen LogP contribution in [0.5, 0.6) is 0 Å². The molecule has 0 heterocycles. The van der Waals surface area contributed by atoms with Crippen LogP contribution in [-0.2, 0) is 0 Å². The molecule has 0 aromatic rings. The van der Waals surface area contributed by atoms with Crippen LogP contribution in [0.3, 0.4) is 0 Å². The molecule has 2 unspecified atom stereocenters. The Morgan fingerprint density at radius 1 is 1.83 bits per heavy atom. The van der Waals surface area contributed by atoms with Crippen molar-refractivity contribution in [3.8, 4) is 0 Å². The minimum Gasteiger partial charge on any atom is -0.314 e. The summed E-state index contributed by atoms with van der Waals surface area (Å²) in [5.74, 6) is 0. The number of hydrogen-bond donors (Lipinski definition) is 1. The molecule has 0 bridgehead atoms. The molecule has 2 heteroatoms. The molecule has 0 aliphatic heterocycles. The summed E-state index contributed by atoms with van der Waals surface area (Å²) in [6.45, 7) is 0. The van der Waals surface area contributed by atoms with Crippen molar-refractivity contribution in [1.82, 2.24) is 5.32 Å². The summed E-state index contributed by atoms with van der Waals surface area (Å²) in [5, 5.41) is 2.81. The Hall–Kier alpha value is -0.110. The van der Waals surface area contributed by atoms with Crippen molar-refractivity contribution in [1.29, 1.82) is 0 Å². The Kier molecular flexibility index (Phi) is 0.804. The summed E-state index contributed by atoms with van der Waals surface area (Å²) in [6.07, 6.45) is 0.172. The first-order chi connectivity index (χ1) is 2.84. The molecule has 0 radical (unpaired) electrons. The first-order valence-electron chi connectivity index (χ1n) is 2.16. The van der Waals surface area contributed by atoms with Crippen LogP contribution < -0.4 is 5.32 Å². The minimum atomic E-state index is -0.546. The van der Waals surface area contributed by atoms with E-state index in [2.05, 4.69) is 5.32 Å². The molecular formula is C4H8FN. The molecule has 1 rings (SSSR count). The molecule has 0 amide bonds. The first kappa shape index (κ1) is 4.06. The van der Waals surface area contributed by atoms with Gasteiger partial charge >= 0.3 is 0 Å². The minimum absolute atomic E-state index is 0.185. The van der Waals surface area contributed by atoms with Gasteiger partial charge in [0.2, 0.25) is 0 Å². The van der Waals surface area contributed by atoms with Crippen LogP contribution in [0.25, 0.3) is 0 Å². The lowest BCUT2D eigenvalue weighted by Crippen LogP contribution is -2.10. The van der Waals surface area contributed by atoms with Crippen LogP contribution >= 0.6 is 0 Å². The normalized spacial score (nSPS) is 43.0. The van der Waals surface area contributed by atoms with Gasteiger partial charge < -0.3 is 5.32 Å². The molecule has 1 fully saturated rings. The molecule has 0 spiro atoms. The van der Waals surface area contributed by atoms with E-state index in [1.807, 2.05) is 0 Å². The molecule has 1 aliphatic carbocycles. The van der Waals surface area contributed by atoms with Crippen LogP contribution in [0.2, 0.25) is 0 Å². The largest absolute Gasteiger partial charge is 0.314 e.